The van der Waals surface area contributed by atoms with Gasteiger partial charge in [-0.05, 0) is 51.8 Å². The third kappa shape index (κ3) is 3.35. The number of hydrogen-bond acceptors (Lipinski definition) is 2. The third-order valence-electron chi connectivity index (χ3n) is 3.21. The van der Waals surface area contributed by atoms with Crippen molar-refractivity contribution in [2.45, 2.75) is 59.7 Å². The van der Waals surface area contributed by atoms with Gasteiger partial charge in [-0.1, -0.05) is 13.0 Å². The number of aromatic nitrogens is 2. The number of aryl methyl sites for hydroxylation is 2. The molecular formula is C16H25N3. The van der Waals surface area contributed by atoms with Gasteiger partial charge in [-0.25, -0.2) is 4.98 Å². The van der Waals surface area contributed by atoms with E-state index in [4.69, 9.17) is 4.98 Å². The van der Waals surface area contributed by atoms with Crippen LogP contribution in [0.25, 0.3) is 11.0 Å². The number of rotatable bonds is 4. The van der Waals surface area contributed by atoms with Crippen LogP contribution in [0.4, 0.5) is 0 Å². The maximum Gasteiger partial charge on any atom is 0.123 e. The minimum Gasteiger partial charge on any atom is -0.327 e. The van der Waals surface area contributed by atoms with Gasteiger partial charge < -0.3 is 9.88 Å². The fraction of sp³-hybridized carbons (Fsp3) is 0.562. The number of nitrogens with zero attached hydrogens (tertiary/aromatic N) is 2. The summed E-state index contributed by atoms with van der Waals surface area (Å²) in [4.78, 5) is 4.80. The van der Waals surface area contributed by atoms with Crippen LogP contribution in [0.1, 0.15) is 45.5 Å². The second-order valence-corrected chi connectivity index (χ2v) is 6.28. The van der Waals surface area contributed by atoms with Crippen molar-refractivity contribution in [3.8, 4) is 0 Å². The first-order valence-electron chi connectivity index (χ1n) is 7.11. The van der Waals surface area contributed by atoms with Crippen LogP contribution in [-0.4, -0.2) is 15.1 Å². The van der Waals surface area contributed by atoms with Crippen LogP contribution in [-0.2, 0) is 13.1 Å². The molecule has 0 radical (unpaired) electrons. The van der Waals surface area contributed by atoms with E-state index in [1.54, 1.807) is 0 Å². The number of nitrogens with one attached hydrogen (secondary N) is 1. The van der Waals surface area contributed by atoms with Crippen molar-refractivity contribution in [2.75, 3.05) is 0 Å². The van der Waals surface area contributed by atoms with Crippen LogP contribution in [0, 0.1) is 6.92 Å². The number of imidazole rings is 1. The van der Waals surface area contributed by atoms with E-state index in [0.717, 1.165) is 30.9 Å². The highest BCUT2D eigenvalue weighted by Gasteiger charge is 2.14. The largest absolute Gasteiger partial charge is 0.327 e. The van der Waals surface area contributed by atoms with Crippen LogP contribution < -0.4 is 5.32 Å². The quantitative estimate of drug-likeness (QED) is 0.908. The summed E-state index contributed by atoms with van der Waals surface area (Å²) in [5.41, 5.74) is 3.74. The molecule has 3 heteroatoms. The van der Waals surface area contributed by atoms with Gasteiger partial charge in [-0.3, -0.25) is 0 Å². The molecule has 0 aliphatic heterocycles. The van der Waals surface area contributed by atoms with Crippen molar-refractivity contribution < 1.29 is 0 Å². The highest BCUT2D eigenvalue weighted by atomic mass is 15.1. The first-order valence-corrected chi connectivity index (χ1v) is 7.11. The van der Waals surface area contributed by atoms with E-state index < -0.39 is 0 Å². The third-order valence-corrected chi connectivity index (χ3v) is 3.21. The Morgan fingerprint density at radius 3 is 2.63 bits per heavy atom. The molecule has 0 atom stereocenters. The fourth-order valence-electron chi connectivity index (χ4n) is 2.24. The molecule has 0 bridgehead atoms. The minimum absolute atomic E-state index is 0.116. The van der Waals surface area contributed by atoms with E-state index in [2.05, 4.69) is 62.7 Å². The maximum absolute atomic E-state index is 4.80. The Bertz CT molecular complexity index is 561. The zero-order chi connectivity index (χ0) is 14.0. The van der Waals surface area contributed by atoms with Gasteiger partial charge in [0, 0.05) is 12.1 Å². The molecule has 2 rings (SSSR count). The fourth-order valence-corrected chi connectivity index (χ4v) is 2.24. The normalized spacial score (nSPS) is 12.3. The van der Waals surface area contributed by atoms with Crippen molar-refractivity contribution in [3.63, 3.8) is 0 Å². The molecule has 0 fully saturated rings. The molecule has 0 saturated carbocycles. The molecule has 1 aromatic carbocycles. The zero-order valence-electron chi connectivity index (χ0n) is 12.7. The molecule has 0 amide bonds. The number of benzene rings is 1. The highest BCUT2D eigenvalue weighted by molar-refractivity contribution is 5.76. The predicted octanol–water partition coefficient (Wildman–Crippen LogP) is 3.64. The SMILES string of the molecule is CCCn1c(CNC(C)(C)C)nc2cc(C)ccc21. The van der Waals surface area contributed by atoms with Gasteiger partial charge in [0.25, 0.3) is 0 Å². The van der Waals surface area contributed by atoms with E-state index in [9.17, 15) is 0 Å². The lowest BCUT2D eigenvalue weighted by Crippen LogP contribution is -2.35. The Hall–Kier alpha value is -1.35. The van der Waals surface area contributed by atoms with E-state index >= 15 is 0 Å². The summed E-state index contributed by atoms with van der Waals surface area (Å²) in [6, 6.07) is 6.52. The van der Waals surface area contributed by atoms with Gasteiger partial charge in [0.15, 0.2) is 0 Å². The lowest BCUT2D eigenvalue weighted by molar-refractivity contribution is 0.412. The van der Waals surface area contributed by atoms with Crippen molar-refractivity contribution >= 4 is 11.0 Å². The first-order chi connectivity index (χ1) is 8.90. The molecule has 0 aliphatic rings. The van der Waals surface area contributed by atoms with Crippen molar-refractivity contribution in [3.05, 3.63) is 29.6 Å². The second-order valence-electron chi connectivity index (χ2n) is 6.28. The number of hydrogen-bond donors (Lipinski definition) is 1. The standard InChI is InChI=1S/C16H25N3/c1-6-9-19-14-8-7-12(2)10-13(14)18-15(19)11-17-16(3,4)5/h7-8,10,17H,6,9,11H2,1-5H3. The average Bonchev–Trinajstić information content (AvgIpc) is 2.64. The molecule has 2 aromatic rings. The molecule has 1 aromatic heterocycles. The summed E-state index contributed by atoms with van der Waals surface area (Å²) in [6.07, 6.45) is 1.13. The molecule has 0 aliphatic carbocycles. The minimum atomic E-state index is 0.116. The molecule has 1 heterocycles. The Labute approximate surface area is 116 Å². The molecule has 0 unspecified atom stereocenters. The molecule has 19 heavy (non-hydrogen) atoms. The van der Waals surface area contributed by atoms with E-state index in [1.165, 1.54) is 11.1 Å². The van der Waals surface area contributed by atoms with Gasteiger partial charge >= 0.3 is 0 Å². The van der Waals surface area contributed by atoms with Crippen LogP contribution in [0.5, 0.6) is 0 Å². The maximum atomic E-state index is 4.80. The Morgan fingerprint density at radius 1 is 1.26 bits per heavy atom. The molecule has 1 N–H and O–H groups in total. The molecule has 3 nitrogen and oxygen atoms in total. The Balaban J connectivity index is 2.38. The van der Waals surface area contributed by atoms with E-state index in [0.29, 0.717) is 0 Å². The van der Waals surface area contributed by atoms with Gasteiger partial charge in [-0.2, -0.15) is 0 Å². The number of fused-ring (bicyclic) bond motifs is 1. The van der Waals surface area contributed by atoms with Crippen LogP contribution >= 0.6 is 0 Å². The van der Waals surface area contributed by atoms with Gasteiger partial charge in [-0.15, -0.1) is 0 Å². The second kappa shape index (κ2) is 5.33. The molecular weight excluding hydrogens is 234 g/mol. The molecule has 0 saturated heterocycles. The molecule has 104 valence electrons. The smallest absolute Gasteiger partial charge is 0.123 e. The zero-order valence-corrected chi connectivity index (χ0v) is 12.7. The van der Waals surface area contributed by atoms with Crippen LogP contribution in [0.15, 0.2) is 18.2 Å². The summed E-state index contributed by atoms with van der Waals surface area (Å²) in [7, 11) is 0. The summed E-state index contributed by atoms with van der Waals surface area (Å²) < 4.78 is 2.34. The van der Waals surface area contributed by atoms with Gasteiger partial charge in [0.05, 0.1) is 17.6 Å². The van der Waals surface area contributed by atoms with Crippen molar-refractivity contribution in [1.29, 1.82) is 0 Å². The summed E-state index contributed by atoms with van der Waals surface area (Å²) >= 11 is 0. The Morgan fingerprint density at radius 2 is 2.00 bits per heavy atom. The summed E-state index contributed by atoms with van der Waals surface area (Å²) in [6.45, 7) is 12.7. The van der Waals surface area contributed by atoms with E-state index in [1.807, 2.05) is 0 Å². The average molecular weight is 259 g/mol. The van der Waals surface area contributed by atoms with Crippen LogP contribution in [0.2, 0.25) is 0 Å². The monoisotopic (exact) mass is 259 g/mol. The van der Waals surface area contributed by atoms with Crippen LogP contribution in [0.3, 0.4) is 0 Å². The lowest BCUT2D eigenvalue weighted by Gasteiger charge is -2.20. The lowest BCUT2D eigenvalue weighted by atomic mass is 10.1. The van der Waals surface area contributed by atoms with Crippen molar-refractivity contribution in [2.24, 2.45) is 0 Å². The first kappa shape index (κ1) is 14.1. The summed E-state index contributed by atoms with van der Waals surface area (Å²) in [5, 5.41) is 3.53. The van der Waals surface area contributed by atoms with Gasteiger partial charge in [0.1, 0.15) is 5.82 Å². The summed E-state index contributed by atoms with van der Waals surface area (Å²) in [5.74, 6) is 1.14. The Kier molecular flexibility index (Phi) is 3.95. The van der Waals surface area contributed by atoms with Gasteiger partial charge in [0.2, 0.25) is 0 Å². The highest BCUT2D eigenvalue weighted by Crippen LogP contribution is 2.19. The molecule has 0 spiro atoms. The predicted molar refractivity (Wildman–Crippen MR) is 81.4 cm³/mol. The topological polar surface area (TPSA) is 29.9 Å². The van der Waals surface area contributed by atoms with Crippen molar-refractivity contribution in [1.82, 2.24) is 14.9 Å². The van der Waals surface area contributed by atoms with E-state index in [-0.39, 0.29) is 5.54 Å².